The van der Waals surface area contributed by atoms with Crippen LogP contribution >= 0.6 is 15.9 Å². The van der Waals surface area contributed by atoms with E-state index in [1.54, 1.807) is 0 Å². The van der Waals surface area contributed by atoms with Gasteiger partial charge >= 0.3 is 0 Å². The fourth-order valence-electron chi connectivity index (χ4n) is 1.09. The predicted octanol–water partition coefficient (Wildman–Crippen LogP) is 1.51. The third-order valence-corrected chi connectivity index (χ3v) is 2.08. The number of fused-ring (bicyclic) bond motifs is 1. The lowest BCUT2D eigenvalue weighted by atomic mass is 10.3. The Hall–Kier alpha value is -0.570. The van der Waals surface area contributed by atoms with Crippen molar-refractivity contribution in [2.75, 3.05) is 13.1 Å². The number of rotatable bonds is 0. The Kier molecular flexibility index (Phi) is 1.38. The molecule has 2 nitrogen and oxygen atoms in total. The molecule has 0 atom stereocenters. The van der Waals surface area contributed by atoms with Crippen LogP contribution in [-0.4, -0.2) is 23.8 Å². The van der Waals surface area contributed by atoms with Gasteiger partial charge in [-0.05, 0) is 12.2 Å². The molecule has 0 unspecified atom stereocenters. The third-order valence-electron chi connectivity index (χ3n) is 1.59. The van der Waals surface area contributed by atoms with Gasteiger partial charge < -0.3 is 4.90 Å². The lowest BCUT2D eigenvalue weighted by Gasteiger charge is -2.15. The molecule has 0 saturated carbocycles. The summed E-state index contributed by atoms with van der Waals surface area (Å²) in [4.78, 5) is 6.44. The van der Waals surface area contributed by atoms with E-state index in [1.807, 2.05) is 12.2 Å². The molecule has 0 radical (unpaired) electrons. The number of aliphatic imine (C=N–C) groups is 1. The maximum absolute atomic E-state index is 4.29. The number of amidine groups is 1. The summed E-state index contributed by atoms with van der Waals surface area (Å²) in [6.45, 7) is 1.96. The fraction of sp³-hybridized carbons (Fsp3) is 0.286. The van der Waals surface area contributed by atoms with E-state index >= 15 is 0 Å². The van der Waals surface area contributed by atoms with Gasteiger partial charge in [0.05, 0.1) is 6.54 Å². The van der Waals surface area contributed by atoms with Crippen molar-refractivity contribution in [1.82, 2.24) is 4.90 Å². The molecule has 0 aliphatic carbocycles. The quantitative estimate of drug-likeness (QED) is 0.577. The van der Waals surface area contributed by atoms with Crippen LogP contribution in [0.2, 0.25) is 0 Å². The molecule has 3 heteroatoms. The summed E-state index contributed by atoms with van der Waals surface area (Å²) in [5, 5.41) is 0. The standard InChI is InChI=1S/C7H7BrN2/c8-6-1-3-10-4-2-9-7(10)5-6/h1,3,5H,2,4H2. The Morgan fingerprint density at radius 1 is 1.60 bits per heavy atom. The highest BCUT2D eigenvalue weighted by Gasteiger charge is 2.14. The average molecular weight is 199 g/mol. The Balaban J connectivity index is 2.34. The van der Waals surface area contributed by atoms with E-state index in [0.717, 1.165) is 23.4 Å². The van der Waals surface area contributed by atoms with Gasteiger partial charge in [0.15, 0.2) is 0 Å². The smallest absolute Gasteiger partial charge is 0.128 e. The molecule has 2 aliphatic heterocycles. The Bertz CT molecular complexity index is 240. The first-order chi connectivity index (χ1) is 4.86. The van der Waals surface area contributed by atoms with Crippen molar-refractivity contribution >= 4 is 21.8 Å². The fourth-order valence-corrected chi connectivity index (χ4v) is 1.41. The van der Waals surface area contributed by atoms with Crippen molar-refractivity contribution in [2.45, 2.75) is 0 Å². The summed E-state index contributed by atoms with van der Waals surface area (Å²) in [5.74, 6) is 1.08. The first-order valence-corrected chi connectivity index (χ1v) is 4.02. The number of halogens is 1. The van der Waals surface area contributed by atoms with E-state index in [1.165, 1.54) is 0 Å². The minimum atomic E-state index is 0.927. The van der Waals surface area contributed by atoms with Gasteiger partial charge in [0, 0.05) is 17.2 Å². The normalized spacial score (nSPS) is 22.3. The van der Waals surface area contributed by atoms with Crippen molar-refractivity contribution in [3.8, 4) is 0 Å². The van der Waals surface area contributed by atoms with Gasteiger partial charge in [-0.1, -0.05) is 15.9 Å². The van der Waals surface area contributed by atoms with E-state index in [2.05, 4.69) is 32.0 Å². The second-order valence-corrected chi connectivity index (χ2v) is 3.19. The maximum Gasteiger partial charge on any atom is 0.128 e. The zero-order chi connectivity index (χ0) is 6.97. The molecular weight excluding hydrogens is 192 g/mol. The van der Waals surface area contributed by atoms with Crippen LogP contribution in [0.1, 0.15) is 0 Å². The molecule has 10 heavy (non-hydrogen) atoms. The van der Waals surface area contributed by atoms with E-state index in [9.17, 15) is 0 Å². The highest BCUT2D eigenvalue weighted by atomic mass is 79.9. The molecule has 2 heterocycles. The van der Waals surface area contributed by atoms with Crippen LogP contribution in [0, 0.1) is 0 Å². The van der Waals surface area contributed by atoms with Crippen LogP contribution < -0.4 is 0 Å². The second kappa shape index (κ2) is 2.23. The highest BCUT2D eigenvalue weighted by Crippen LogP contribution is 2.16. The average Bonchev–Trinajstić information content (AvgIpc) is 2.33. The van der Waals surface area contributed by atoms with E-state index in [-0.39, 0.29) is 0 Å². The van der Waals surface area contributed by atoms with Gasteiger partial charge in [-0.2, -0.15) is 0 Å². The van der Waals surface area contributed by atoms with Crippen molar-refractivity contribution in [3.63, 3.8) is 0 Å². The molecule has 0 fully saturated rings. The minimum Gasteiger partial charge on any atom is -0.331 e. The van der Waals surface area contributed by atoms with Gasteiger partial charge in [-0.15, -0.1) is 0 Å². The summed E-state index contributed by atoms with van der Waals surface area (Å²) in [5.41, 5.74) is 0. The molecule has 2 rings (SSSR count). The minimum absolute atomic E-state index is 0.927. The summed E-state index contributed by atoms with van der Waals surface area (Å²) in [7, 11) is 0. The molecule has 0 spiro atoms. The number of allylic oxidation sites excluding steroid dienone is 2. The predicted molar refractivity (Wildman–Crippen MR) is 45.2 cm³/mol. The van der Waals surface area contributed by atoms with Crippen LogP contribution in [0.25, 0.3) is 0 Å². The number of hydrogen-bond acceptors (Lipinski definition) is 2. The van der Waals surface area contributed by atoms with E-state index < -0.39 is 0 Å². The molecule has 0 aromatic rings. The monoisotopic (exact) mass is 198 g/mol. The zero-order valence-corrected chi connectivity index (χ0v) is 7.00. The first-order valence-electron chi connectivity index (χ1n) is 3.23. The van der Waals surface area contributed by atoms with Gasteiger partial charge in [0.1, 0.15) is 5.84 Å². The van der Waals surface area contributed by atoms with Crippen molar-refractivity contribution in [2.24, 2.45) is 4.99 Å². The number of hydrogen-bond donors (Lipinski definition) is 0. The van der Waals surface area contributed by atoms with Gasteiger partial charge in [0.2, 0.25) is 0 Å². The van der Waals surface area contributed by atoms with Crippen LogP contribution in [0.5, 0.6) is 0 Å². The Morgan fingerprint density at radius 3 is 3.40 bits per heavy atom. The van der Waals surface area contributed by atoms with Crippen LogP contribution in [0.15, 0.2) is 27.8 Å². The zero-order valence-electron chi connectivity index (χ0n) is 5.42. The van der Waals surface area contributed by atoms with Gasteiger partial charge in [0.25, 0.3) is 0 Å². The topological polar surface area (TPSA) is 15.6 Å². The Labute approximate surface area is 68.1 Å². The van der Waals surface area contributed by atoms with Crippen LogP contribution in [0.4, 0.5) is 0 Å². The third kappa shape index (κ3) is 0.904. The van der Waals surface area contributed by atoms with Crippen LogP contribution in [0.3, 0.4) is 0 Å². The number of nitrogens with zero attached hydrogens (tertiary/aromatic N) is 2. The lowest BCUT2D eigenvalue weighted by Crippen LogP contribution is -2.21. The molecule has 0 aromatic heterocycles. The van der Waals surface area contributed by atoms with Gasteiger partial charge in [-0.25, -0.2) is 0 Å². The van der Waals surface area contributed by atoms with Crippen molar-refractivity contribution in [3.05, 3.63) is 22.8 Å². The van der Waals surface area contributed by atoms with E-state index in [4.69, 9.17) is 0 Å². The van der Waals surface area contributed by atoms with Crippen molar-refractivity contribution in [1.29, 1.82) is 0 Å². The summed E-state index contributed by atoms with van der Waals surface area (Å²) >= 11 is 3.39. The SMILES string of the molecule is BrC1=CC2=NCCN2C=C1. The largest absolute Gasteiger partial charge is 0.331 e. The highest BCUT2D eigenvalue weighted by molar-refractivity contribution is 9.11. The molecule has 52 valence electrons. The lowest BCUT2D eigenvalue weighted by molar-refractivity contribution is 0.611. The molecule has 2 aliphatic rings. The van der Waals surface area contributed by atoms with E-state index in [0.29, 0.717) is 0 Å². The summed E-state index contributed by atoms with van der Waals surface area (Å²) < 4.78 is 1.10. The molecule has 0 amide bonds. The molecule has 0 aromatic carbocycles. The maximum atomic E-state index is 4.29. The molecule has 0 saturated heterocycles. The van der Waals surface area contributed by atoms with Crippen molar-refractivity contribution < 1.29 is 0 Å². The molecule has 0 bridgehead atoms. The first kappa shape index (κ1) is 6.16. The molecule has 0 N–H and O–H groups in total. The summed E-state index contributed by atoms with van der Waals surface area (Å²) in [6.07, 6.45) is 6.12. The van der Waals surface area contributed by atoms with Crippen LogP contribution in [-0.2, 0) is 0 Å². The van der Waals surface area contributed by atoms with Gasteiger partial charge in [-0.3, -0.25) is 4.99 Å². The molecular formula is C7H7BrN2. The second-order valence-electron chi connectivity index (χ2n) is 2.28. The Morgan fingerprint density at radius 2 is 2.50 bits per heavy atom. The summed E-state index contributed by atoms with van der Waals surface area (Å²) in [6, 6.07) is 0.